The van der Waals surface area contributed by atoms with Crippen molar-refractivity contribution >= 4 is 16.9 Å². The molecule has 1 N–H and O–H groups in total. The average Bonchev–Trinajstić information content (AvgIpc) is 2.53. The molecule has 2 aromatic carbocycles. The van der Waals surface area contributed by atoms with E-state index in [0.29, 0.717) is 6.61 Å². The highest BCUT2D eigenvalue weighted by Gasteiger charge is 2.03. The Labute approximate surface area is 121 Å². The van der Waals surface area contributed by atoms with Gasteiger partial charge in [0.2, 0.25) is 0 Å². The van der Waals surface area contributed by atoms with Crippen LogP contribution in [0.15, 0.2) is 60.8 Å². The zero-order chi connectivity index (χ0) is 14.7. The summed E-state index contributed by atoms with van der Waals surface area (Å²) in [5.41, 5.74) is 2.12. The topological polar surface area (TPSA) is 59.4 Å². The number of benzene rings is 2. The Balaban J connectivity index is 1.72. The van der Waals surface area contributed by atoms with Crippen LogP contribution in [0.4, 0.5) is 0 Å². The maximum absolute atomic E-state index is 10.8. The summed E-state index contributed by atoms with van der Waals surface area (Å²) in [6.45, 7) is 0.395. The largest absolute Gasteiger partial charge is 0.489 e. The Morgan fingerprint density at radius 1 is 1.10 bits per heavy atom. The summed E-state index contributed by atoms with van der Waals surface area (Å²) in [6, 6.07) is 16.3. The van der Waals surface area contributed by atoms with Crippen LogP contribution in [0.25, 0.3) is 10.9 Å². The lowest BCUT2D eigenvalue weighted by Gasteiger charge is -2.07. The molecule has 3 aromatic rings. The van der Waals surface area contributed by atoms with Crippen LogP contribution in [0.1, 0.15) is 15.9 Å². The van der Waals surface area contributed by atoms with Crippen LogP contribution in [0.2, 0.25) is 0 Å². The normalized spacial score (nSPS) is 10.5. The van der Waals surface area contributed by atoms with Gasteiger partial charge < -0.3 is 9.84 Å². The molecule has 0 aliphatic rings. The number of carboxylic acid groups (broad SMARTS) is 1. The SMILES string of the molecule is O=C(O)c1ccc(COc2ccc3ncccc3c2)cc1. The van der Waals surface area contributed by atoms with Crippen LogP contribution in [0, 0.1) is 0 Å². The molecule has 4 heteroatoms. The number of aromatic nitrogens is 1. The first-order chi connectivity index (χ1) is 10.2. The number of hydrogen-bond donors (Lipinski definition) is 1. The lowest BCUT2D eigenvalue weighted by Crippen LogP contribution is -1.98. The number of ether oxygens (including phenoxy) is 1. The monoisotopic (exact) mass is 279 g/mol. The Morgan fingerprint density at radius 3 is 2.67 bits per heavy atom. The fraction of sp³-hybridized carbons (Fsp3) is 0.0588. The standard InChI is InChI=1S/C17H13NO3/c19-17(20)13-5-3-12(4-6-13)11-21-15-7-8-16-14(10-15)2-1-9-18-16/h1-10H,11H2,(H,19,20). The van der Waals surface area contributed by atoms with E-state index in [4.69, 9.17) is 9.84 Å². The van der Waals surface area contributed by atoms with Gasteiger partial charge in [0, 0.05) is 11.6 Å². The fourth-order valence-corrected chi connectivity index (χ4v) is 2.05. The molecule has 104 valence electrons. The third kappa shape index (κ3) is 3.00. The van der Waals surface area contributed by atoms with Gasteiger partial charge >= 0.3 is 5.97 Å². The van der Waals surface area contributed by atoms with E-state index in [1.165, 1.54) is 0 Å². The van der Waals surface area contributed by atoms with Crippen LogP contribution in [-0.4, -0.2) is 16.1 Å². The molecule has 0 unspecified atom stereocenters. The van der Waals surface area contributed by atoms with Crippen molar-refractivity contribution in [1.29, 1.82) is 0 Å². The highest BCUT2D eigenvalue weighted by Crippen LogP contribution is 2.20. The molecule has 0 fully saturated rings. The predicted octanol–water partition coefficient (Wildman–Crippen LogP) is 3.51. The van der Waals surface area contributed by atoms with Gasteiger partial charge in [-0.2, -0.15) is 0 Å². The molecular formula is C17H13NO3. The number of carbonyl (C=O) groups is 1. The molecular weight excluding hydrogens is 266 g/mol. The van der Waals surface area contributed by atoms with Gasteiger partial charge in [-0.25, -0.2) is 4.79 Å². The van der Waals surface area contributed by atoms with Gasteiger partial charge in [0.05, 0.1) is 11.1 Å². The lowest BCUT2D eigenvalue weighted by atomic mass is 10.1. The van der Waals surface area contributed by atoms with Crippen LogP contribution in [-0.2, 0) is 6.61 Å². The minimum absolute atomic E-state index is 0.274. The molecule has 0 radical (unpaired) electrons. The molecule has 1 aromatic heterocycles. The van der Waals surface area contributed by atoms with Gasteiger partial charge in [0.25, 0.3) is 0 Å². The van der Waals surface area contributed by atoms with Crippen molar-refractivity contribution in [3.8, 4) is 5.75 Å². The maximum Gasteiger partial charge on any atom is 0.335 e. The number of nitrogens with zero attached hydrogens (tertiary/aromatic N) is 1. The van der Waals surface area contributed by atoms with Crippen molar-refractivity contribution in [2.24, 2.45) is 0 Å². The second kappa shape index (κ2) is 5.63. The molecule has 0 spiro atoms. The van der Waals surface area contributed by atoms with Crippen LogP contribution < -0.4 is 4.74 Å². The number of fused-ring (bicyclic) bond motifs is 1. The Bertz CT molecular complexity index is 781. The van der Waals surface area contributed by atoms with Crippen molar-refractivity contribution in [2.75, 3.05) is 0 Å². The number of aromatic carboxylic acids is 1. The van der Waals surface area contributed by atoms with Gasteiger partial charge in [-0.1, -0.05) is 18.2 Å². The van der Waals surface area contributed by atoms with E-state index in [9.17, 15) is 4.79 Å². The Kier molecular flexibility index (Phi) is 3.51. The number of hydrogen-bond acceptors (Lipinski definition) is 3. The van der Waals surface area contributed by atoms with Crippen LogP contribution in [0.3, 0.4) is 0 Å². The summed E-state index contributed by atoms with van der Waals surface area (Å²) in [5, 5.41) is 9.87. The van der Waals surface area contributed by atoms with Crippen LogP contribution in [0.5, 0.6) is 5.75 Å². The number of carboxylic acids is 1. The molecule has 0 saturated carbocycles. The third-order valence-corrected chi connectivity index (χ3v) is 3.18. The minimum atomic E-state index is -0.926. The molecule has 1 heterocycles. The number of pyridine rings is 1. The van der Waals surface area contributed by atoms with Gasteiger partial charge in [0.1, 0.15) is 12.4 Å². The highest BCUT2D eigenvalue weighted by molar-refractivity contribution is 5.87. The summed E-state index contributed by atoms with van der Waals surface area (Å²) >= 11 is 0. The molecule has 3 rings (SSSR count). The van der Waals surface area contributed by atoms with Crippen molar-refractivity contribution < 1.29 is 14.6 Å². The van der Waals surface area contributed by atoms with Crippen molar-refractivity contribution in [3.05, 3.63) is 71.9 Å². The number of rotatable bonds is 4. The van der Waals surface area contributed by atoms with Crippen molar-refractivity contribution in [1.82, 2.24) is 4.98 Å². The van der Waals surface area contributed by atoms with Gasteiger partial charge in [0.15, 0.2) is 0 Å². The zero-order valence-corrected chi connectivity index (χ0v) is 11.2. The quantitative estimate of drug-likeness (QED) is 0.794. The zero-order valence-electron chi connectivity index (χ0n) is 11.2. The minimum Gasteiger partial charge on any atom is -0.489 e. The summed E-state index contributed by atoms with van der Waals surface area (Å²) < 4.78 is 5.73. The van der Waals surface area contributed by atoms with Gasteiger partial charge in [-0.3, -0.25) is 4.98 Å². The summed E-state index contributed by atoms with van der Waals surface area (Å²) in [4.78, 5) is 15.0. The first kappa shape index (κ1) is 13.1. The lowest BCUT2D eigenvalue weighted by molar-refractivity contribution is 0.0697. The molecule has 21 heavy (non-hydrogen) atoms. The second-order valence-electron chi connectivity index (χ2n) is 4.65. The summed E-state index contributed by atoms with van der Waals surface area (Å²) in [5.74, 6) is -0.165. The van der Waals surface area contributed by atoms with E-state index >= 15 is 0 Å². The predicted molar refractivity (Wildman–Crippen MR) is 79.5 cm³/mol. The van der Waals surface area contributed by atoms with E-state index in [0.717, 1.165) is 22.2 Å². The van der Waals surface area contributed by atoms with E-state index in [1.54, 1.807) is 30.5 Å². The Morgan fingerprint density at radius 2 is 1.90 bits per heavy atom. The molecule has 0 amide bonds. The fourth-order valence-electron chi connectivity index (χ4n) is 2.05. The Hall–Kier alpha value is -2.88. The van der Waals surface area contributed by atoms with E-state index in [1.807, 2.05) is 30.3 Å². The second-order valence-corrected chi connectivity index (χ2v) is 4.65. The molecule has 0 aliphatic heterocycles. The van der Waals surface area contributed by atoms with Gasteiger partial charge in [-0.05, 0) is 42.0 Å². The first-order valence-corrected chi connectivity index (χ1v) is 6.52. The van der Waals surface area contributed by atoms with E-state index < -0.39 is 5.97 Å². The molecule has 4 nitrogen and oxygen atoms in total. The van der Waals surface area contributed by atoms with E-state index in [2.05, 4.69) is 4.98 Å². The first-order valence-electron chi connectivity index (χ1n) is 6.52. The summed E-state index contributed by atoms with van der Waals surface area (Å²) in [7, 11) is 0. The molecule has 0 saturated heterocycles. The van der Waals surface area contributed by atoms with Crippen LogP contribution >= 0.6 is 0 Å². The average molecular weight is 279 g/mol. The molecule has 0 atom stereocenters. The maximum atomic E-state index is 10.8. The smallest absolute Gasteiger partial charge is 0.335 e. The third-order valence-electron chi connectivity index (χ3n) is 3.18. The van der Waals surface area contributed by atoms with Crippen molar-refractivity contribution in [3.63, 3.8) is 0 Å². The van der Waals surface area contributed by atoms with E-state index in [-0.39, 0.29) is 5.56 Å². The summed E-state index contributed by atoms with van der Waals surface area (Å²) in [6.07, 6.45) is 1.76. The molecule has 0 bridgehead atoms. The molecule has 0 aliphatic carbocycles. The van der Waals surface area contributed by atoms with Gasteiger partial charge in [-0.15, -0.1) is 0 Å². The van der Waals surface area contributed by atoms with Crippen molar-refractivity contribution in [2.45, 2.75) is 6.61 Å². The highest BCUT2D eigenvalue weighted by atomic mass is 16.5.